The minimum atomic E-state index is -0.695. The van der Waals surface area contributed by atoms with Crippen molar-refractivity contribution in [1.29, 1.82) is 0 Å². The Balaban J connectivity index is 1.51. The first kappa shape index (κ1) is 18.5. The van der Waals surface area contributed by atoms with Crippen LogP contribution >= 0.6 is 0 Å². The summed E-state index contributed by atoms with van der Waals surface area (Å²) >= 11 is 0. The molecule has 152 valence electrons. The molecule has 1 N–H and O–H groups in total. The zero-order valence-corrected chi connectivity index (χ0v) is 16.3. The van der Waals surface area contributed by atoms with Crippen LogP contribution < -0.4 is 5.32 Å². The second-order valence-electron chi connectivity index (χ2n) is 6.99. The van der Waals surface area contributed by atoms with Gasteiger partial charge in [-0.3, -0.25) is 14.9 Å². The van der Waals surface area contributed by atoms with Crippen LogP contribution in [-0.2, 0) is 0 Å². The molecule has 1 amide bonds. The molecule has 0 radical (unpaired) electrons. The minimum absolute atomic E-state index is 0.148. The van der Waals surface area contributed by atoms with Gasteiger partial charge in [0.25, 0.3) is 5.91 Å². The van der Waals surface area contributed by atoms with Gasteiger partial charge in [0, 0.05) is 11.1 Å². The number of aryl methyl sites for hydroxylation is 1. The number of nitrogens with zero attached hydrogens (tertiary/aromatic N) is 4. The van der Waals surface area contributed by atoms with Gasteiger partial charge in [0.15, 0.2) is 5.76 Å². The fourth-order valence-electron chi connectivity index (χ4n) is 3.42. The lowest BCUT2D eigenvalue weighted by Crippen LogP contribution is -2.11. The van der Waals surface area contributed by atoms with Crippen LogP contribution in [0.4, 0.5) is 11.6 Å². The molecule has 0 bridgehead atoms. The van der Waals surface area contributed by atoms with E-state index in [4.69, 9.17) is 4.42 Å². The van der Waals surface area contributed by atoms with Crippen molar-refractivity contribution >= 4 is 39.3 Å². The molecule has 9 nitrogen and oxygen atoms in total. The number of nitrogens with one attached hydrogen (secondary N) is 1. The number of benzene rings is 3. The summed E-state index contributed by atoms with van der Waals surface area (Å²) in [7, 11) is 0. The number of anilines is 1. The van der Waals surface area contributed by atoms with Gasteiger partial charge >= 0.3 is 5.88 Å². The second kappa shape index (κ2) is 7.06. The van der Waals surface area contributed by atoms with Crippen LogP contribution in [0.1, 0.15) is 16.1 Å². The topological polar surface area (TPSA) is 116 Å². The Kier molecular flexibility index (Phi) is 4.21. The summed E-state index contributed by atoms with van der Waals surface area (Å²) in [5.41, 5.74) is 3.41. The lowest BCUT2D eigenvalue weighted by molar-refractivity contribution is -0.402. The number of carbonyl (C=O) groups is 1. The number of fused-ring (bicyclic) bond motifs is 2. The first-order valence-corrected chi connectivity index (χ1v) is 9.41. The molecule has 0 atom stereocenters. The van der Waals surface area contributed by atoms with Crippen LogP contribution in [0.2, 0.25) is 0 Å². The molecule has 0 saturated heterocycles. The molecule has 5 rings (SSSR count). The normalized spacial score (nSPS) is 11.1. The molecular formula is C22H15N5O4. The lowest BCUT2D eigenvalue weighted by Gasteiger charge is -2.06. The fourth-order valence-corrected chi connectivity index (χ4v) is 3.42. The van der Waals surface area contributed by atoms with Crippen LogP contribution in [0.15, 0.2) is 71.1 Å². The molecule has 0 fully saturated rings. The van der Waals surface area contributed by atoms with Crippen molar-refractivity contribution in [2.24, 2.45) is 0 Å². The Morgan fingerprint density at radius 1 is 1.03 bits per heavy atom. The van der Waals surface area contributed by atoms with Gasteiger partial charge in [-0.15, -0.1) is 15.0 Å². The second-order valence-corrected chi connectivity index (χ2v) is 6.99. The third kappa shape index (κ3) is 3.27. The maximum absolute atomic E-state index is 12.4. The molecule has 0 aliphatic rings. The Morgan fingerprint density at radius 2 is 1.77 bits per heavy atom. The van der Waals surface area contributed by atoms with Crippen molar-refractivity contribution in [1.82, 2.24) is 15.0 Å². The monoisotopic (exact) mass is 413 g/mol. The largest absolute Gasteiger partial charge is 0.433 e. The molecule has 2 aromatic heterocycles. The number of furan rings is 1. The van der Waals surface area contributed by atoms with Crippen LogP contribution in [0.5, 0.6) is 0 Å². The van der Waals surface area contributed by atoms with Gasteiger partial charge in [0.2, 0.25) is 0 Å². The number of aromatic nitrogens is 3. The molecular weight excluding hydrogens is 398 g/mol. The summed E-state index contributed by atoms with van der Waals surface area (Å²) in [6.07, 6.45) is 0. The zero-order valence-electron chi connectivity index (χ0n) is 16.3. The van der Waals surface area contributed by atoms with Gasteiger partial charge in [-0.1, -0.05) is 36.4 Å². The molecule has 5 aromatic rings. The fraction of sp³-hybridized carbons (Fsp3) is 0.0455. The van der Waals surface area contributed by atoms with E-state index in [0.29, 0.717) is 16.7 Å². The molecule has 0 aliphatic carbocycles. The predicted octanol–water partition coefficient (Wildman–Crippen LogP) is 4.64. The third-order valence-electron chi connectivity index (χ3n) is 4.95. The summed E-state index contributed by atoms with van der Waals surface area (Å²) < 4.78 is 4.97. The quantitative estimate of drug-likeness (QED) is 0.339. The number of carbonyl (C=O) groups excluding carboxylic acids is 1. The molecule has 2 heterocycles. The number of amides is 1. The average molecular weight is 413 g/mol. The van der Waals surface area contributed by atoms with Crippen LogP contribution in [0, 0.1) is 17.0 Å². The zero-order chi connectivity index (χ0) is 21.5. The number of nitro groups is 1. The van der Waals surface area contributed by atoms with E-state index in [-0.39, 0.29) is 5.76 Å². The van der Waals surface area contributed by atoms with Crippen molar-refractivity contribution in [3.8, 4) is 5.69 Å². The van der Waals surface area contributed by atoms with Gasteiger partial charge in [-0.25, -0.2) is 0 Å². The van der Waals surface area contributed by atoms with E-state index in [0.717, 1.165) is 28.1 Å². The van der Waals surface area contributed by atoms with Crippen molar-refractivity contribution in [2.75, 3.05) is 5.32 Å². The van der Waals surface area contributed by atoms with Crippen LogP contribution in [-0.4, -0.2) is 25.8 Å². The van der Waals surface area contributed by atoms with Gasteiger partial charge < -0.3 is 9.73 Å². The summed E-state index contributed by atoms with van der Waals surface area (Å²) in [5.74, 6) is -1.22. The highest BCUT2D eigenvalue weighted by molar-refractivity contribution is 6.03. The summed E-state index contributed by atoms with van der Waals surface area (Å²) in [6.45, 7) is 1.83. The molecule has 0 saturated carbocycles. The Bertz CT molecular complexity index is 1480. The predicted molar refractivity (Wildman–Crippen MR) is 114 cm³/mol. The SMILES string of the molecule is Cc1cc2nn(-c3cccc4ccccc34)nc2cc1NC(=O)c1ccc([N+](=O)[O-])o1. The summed E-state index contributed by atoms with van der Waals surface area (Å²) in [6, 6.07) is 19.8. The van der Waals surface area contributed by atoms with Crippen LogP contribution in [0.25, 0.3) is 27.5 Å². The maximum atomic E-state index is 12.4. The summed E-state index contributed by atoms with van der Waals surface area (Å²) in [4.78, 5) is 24.1. The maximum Gasteiger partial charge on any atom is 0.433 e. The highest BCUT2D eigenvalue weighted by Crippen LogP contribution is 2.26. The Hall–Kier alpha value is -4.53. The molecule has 31 heavy (non-hydrogen) atoms. The highest BCUT2D eigenvalue weighted by Gasteiger charge is 2.18. The number of hydrogen-bond donors (Lipinski definition) is 1. The van der Waals surface area contributed by atoms with E-state index in [9.17, 15) is 14.9 Å². The Labute approximate surface area is 175 Å². The molecule has 3 aromatic carbocycles. The molecule has 0 aliphatic heterocycles. The first-order valence-electron chi connectivity index (χ1n) is 9.41. The van der Waals surface area contributed by atoms with Crippen molar-refractivity contribution in [3.05, 3.63) is 88.2 Å². The van der Waals surface area contributed by atoms with E-state index in [1.54, 1.807) is 10.9 Å². The van der Waals surface area contributed by atoms with Crippen molar-refractivity contribution < 1.29 is 14.1 Å². The lowest BCUT2D eigenvalue weighted by atomic mass is 10.1. The molecule has 0 spiro atoms. The van der Waals surface area contributed by atoms with E-state index in [2.05, 4.69) is 15.5 Å². The van der Waals surface area contributed by atoms with Crippen molar-refractivity contribution in [2.45, 2.75) is 6.92 Å². The van der Waals surface area contributed by atoms with Gasteiger partial charge in [0.05, 0.1) is 11.8 Å². The Morgan fingerprint density at radius 3 is 2.55 bits per heavy atom. The van der Waals surface area contributed by atoms with Crippen LogP contribution in [0.3, 0.4) is 0 Å². The van der Waals surface area contributed by atoms with Crippen molar-refractivity contribution in [3.63, 3.8) is 0 Å². The smallest absolute Gasteiger partial charge is 0.395 e. The number of hydrogen-bond acceptors (Lipinski definition) is 6. The van der Waals surface area contributed by atoms with Gasteiger partial charge in [-0.2, -0.15) is 0 Å². The van der Waals surface area contributed by atoms with E-state index in [1.807, 2.05) is 55.5 Å². The number of rotatable bonds is 4. The minimum Gasteiger partial charge on any atom is -0.395 e. The van der Waals surface area contributed by atoms with E-state index < -0.39 is 16.7 Å². The van der Waals surface area contributed by atoms with Gasteiger partial charge in [0.1, 0.15) is 16.0 Å². The highest BCUT2D eigenvalue weighted by atomic mass is 16.6. The first-order chi connectivity index (χ1) is 15.0. The standard InChI is InChI=1S/C22H15N5O4/c1-13-11-17-18(12-16(13)23-22(28)20-9-10-21(31-20)27(29)30)25-26(24-17)19-8-4-6-14-5-2-3-7-15(14)19/h2-12H,1H3,(H,23,28). The van der Waals surface area contributed by atoms with E-state index in [1.165, 1.54) is 6.07 Å². The van der Waals surface area contributed by atoms with E-state index >= 15 is 0 Å². The van der Waals surface area contributed by atoms with Gasteiger partial charge in [-0.05, 0) is 42.1 Å². The summed E-state index contributed by atoms with van der Waals surface area (Å²) in [5, 5.41) is 24.8. The average Bonchev–Trinajstić information content (AvgIpc) is 3.41. The third-order valence-corrected chi connectivity index (χ3v) is 4.95. The molecule has 9 heteroatoms. The molecule has 0 unspecified atom stereocenters.